The third-order valence-electron chi connectivity index (χ3n) is 4.10. The molecule has 4 aromatic rings. The Hall–Kier alpha value is -2.99. The molecule has 26 heavy (non-hydrogen) atoms. The summed E-state index contributed by atoms with van der Waals surface area (Å²) in [6.45, 7) is 0. The van der Waals surface area contributed by atoms with Gasteiger partial charge >= 0.3 is 5.97 Å². The summed E-state index contributed by atoms with van der Waals surface area (Å²) >= 11 is 3.46. The van der Waals surface area contributed by atoms with Crippen molar-refractivity contribution in [2.75, 3.05) is 0 Å². The van der Waals surface area contributed by atoms with Crippen LogP contribution in [-0.4, -0.2) is 25.4 Å². The van der Waals surface area contributed by atoms with E-state index in [2.05, 4.69) is 20.9 Å². The normalized spacial score (nSPS) is 11.0. The number of hydrogen-bond acceptors (Lipinski definition) is 3. The fraction of sp³-hybridized carbons (Fsp3) is 0.0500. The van der Waals surface area contributed by atoms with Gasteiger partial charge in [0.15, 0.2) is 0 Å². The molecule has 5 nitrogen and oxygen atoms in total. The molecule has 0 bridgehead atoms. The van der Waals surface area contributed by atoms with Crippen LogP contribution in [0.2, 0.25) is 0 Å². The van der Waals surface area contributed by atoms with Gasteiger partial charge in [-0.3, -0.25) is 9.20 Å². The minimum absolute atomic E-state index is 0.00849. The van der Waals surface area contributed by atoms with Gasteiger partial charge < -0.3 is 5.11 Å². The summed E-state index contributed by atoms with van der Waals surface area (Å²) in [6, 6.07) is 17.4. The highest BCUT2D eigenvalue weighted by Crippen LogP contribution is 2.33. The average Bonchev–Trinajstić information content (AvgIpc) is 3.02. The van der Waals surface area contributed by atoms with Crippen LogP contribution >= 0.6 is 15.9 Å². The number of carbonyl (C=O) groups is 1. The third-order valence-corrected chi connectivity index (χ3v) is 4.63. The molecule has 4 rings (SSSR count). The Kier molecular flexibility index (Phi) is 4.26. The van der Waals surface area contributed by atoms with Gasteiger partial charge in [0.2, 0.25) is 5.78 Å². The Bertz CT molecular complexity index is 1090. The highest BCUT2D eigenvalue weighted by molar-refractivity contribution is 9.10. The molecule has 0 aliphatic heterocycles. The van der Waals surface area contributed by atoms with E-state index >= 15 is 0 Å². The highest BCUT2D eigenvalue weighted by atomic mass is 79.9. The van der Waals surface area contributed by atoms with Crippen LogP contribution < -0.4 is 0 Å². The molecule has 0 amide bonds. The zero-order chi connectivity index (χ0) is 18.1. The molecular weight excluding hydrogens is 394 g/mol. The number of aliphatic carboxylic acids is 1. The zero-order valence-corrected chi connectivity index (χ0v) is 15.2. The summed E-state index contributed by atoms with van der Waals surface area (Å²) in [6.07, 6.45) is 3.65. The molecule has 0 fully saturated rings. The van der Waals surface area contributed by atoms with Crippen molar-refractivity contribution in [2.24, 2.45) is 0 Å². The molecule has 0 atom stereocenters. The van der Waals surface area contributed by atoms with Crippen molar-refractivity contribution in [3.8, 4) is 22.5 Å². The Morgan fingerprint density at radius 3 is 2.42 bits per heavy atom. The van der Waals surface area contributed by atoms with Crippen molar-refractivity contribution in [1.82, 2.24) is 14.4 Å². The number of carboxylic acids is 1. The topological polar surface area (TPSA) is 67.5 Å². The number of aromatic nitrogens is 3. The van der Waals surface area contributed by atoms with Crippen molar-refractivity contribution in [1.29, 1.82) is 0 Å². The van der Waals surface area contributed by atoms with Crippen LogP contribution in [0.4, 0.5) is 0 Å². The summed E-state index contributed by atoms with van der Waals surface area (Å²) in [5.41, 5.74) is 4.47. The van der Waals surface area contributed by atoms with Crippen LogP contribution in [0, 0.1) is 0 Å². The van der Waals surface area contributed by atoms with Crippen LogP contribution in [0.25, 0.3) is 28.3 Å². The monoisotopic (exact) mass is 407 g/mol. The van der Waals surface area contributed by atoms with E-state index in [1.165, 1.54) is 0 Å². The molecule has 6 heteroatoms. The van der Waals surface area contributed by atoms with Crippen molar-refractivity contribution < 1.29 is 9.90 Å². The molecule has 2 aromatic heterocycles. The number of rotatable bonds is 4. The Labute approximate surface area is 158 Å². The standard InChI is InChI=1S/C20H14BrN3O2/c21-16-8-6-14(7-9-16)18-19(24-11-1-10-22-20(24)23-18)15-4-2-13(3-5-15)12-17(25)26/h1-11H,12H2,(H,25,26). The fourth-order valence-corrected chi connectivity index (χ4v) is 3.19. The molecule has 0 spiro atoms. The maximum atomic E-state index is 10.9. The first-order valence-electron chi connectivity index (χ1n) is 8.02. The maximum absolute atomic E-state index is 10.9. The lowest BCUT2D eigenvalue weighted by Gasteiger charge is -2.07. The second kappa shape index (κ2) is 6.72. The molecule has 0 saturated carbocycles. The number of fused-ring (bicyclic) bond motifs is 1. The number of benzene rings is 2. The van der Waals surface area contributed by atoms with E-state index < -0.39 is 5.97 Å². The molecule has 1 N–H and O–H groups in total. The maximum Gasteiger partial charge on any atom is 0.307 e. The predicted octanol–water partition coefficient (Wildman–Crippen LogP) is 4.45. The van der Waals surface area contributed by atoms with Crippen molar-refractivity contribution in [3.63, 3.8) is 0 Å². The number of nitrogens with zero attached hydrogens (tertiary/aromatic N) is 3. The van der Waals surface area contributed by atoms with Crippen LogP contribution in [-0.2, 0) is 11.2 Å². The van der Waals surface area contributed by atoms with E-state index in [1.54, 1.807) is 6.20 Å². The number of halogens is 1. The number of carboxylic acid groups (broad SMARTS) is 1. The first-order valence-corrected chi connectivity index (χ1v) is 8.81. The Morgan fingerprint density at radius 2 is 1.73 bits per heavy atom. The molecule has 0 aliphatic rings. The molecule has 128 valence electrons. The van der Waals surface area contributed by atoms with Crippen molar-refractivity contribution in [2.45, 2.75) is 6.42 Å². The second-order valence-electron chi connectivity index (χ2n) is 5.87. The molecule has 0 unspecified atom stereocenters. The lowest BCUT2D eigenvalue weighted by atomic mass is 10.0. The van der Waals surface area contributed by atoms with Crippen molar-refractivity contribution >= 4 is 27.7 Å². The van der Waals surface area contributed by atoms with Gasteiger partial charge in [0.25, 0.3) is 0 Å². The van der Waals surface area contributed by atoms with Crippen LogP contribution in [0.15, 0.2) is 71.5 Å². The molecule has 0 aliphatic carbocycles. The SMILES string of the molecule is O=C(O)Cc1ccc(-c2c(-c3ccc(Br)cc3)nc3ncccn23)cc1. The van der Waals surface area contributed by atoms with E-state index in [4.69, 9.17) is 10.1 Å². The van der Waals surface area contributed by atoms with Gasteiger partial charge in [-0.2, -0.15) is 0 Å². The zero-order valence-electron chi connectivity index (χ0n) is 13.6. The molecule has 2 heterocycles. The van der Waals surface area contributed by atoms with Gasteiger partial charge in [0, 0.05) is 28.0 Å². The summed E-state index contributed by atoms with van der Waals surface area (Å²) in [4.78, 5) is 20.0. The second-order valence-corrected chi connectivity index (χ2v) is 6.79. The number of hydrogen-bond donors (Lipinski definition) is 1. The minimum atomic E-state index is -0.840. The molecule has 2 aromatic carbocycles. The van der Waals surface area contributed by atoms with Crippen LogP contribution in [0.1, 0.15) is 5.56 Å². The van der Waals surface area contributed by atoms with E-state index in [1.807, 2.05) is 65.2 Å². The number of imidazole rings is 1. The van der Waals surface area contributed by atoms with Crippen LogP contribution in [0.3, 0.4) is 0 Å². The first-order chi connectivity index (χ1) is 12.6. The summed E-state index contributed by atoms with van der Waals surface area (Å²) in [5, 5.41) is 8.95. The quantitative estimate of drug-likeness (QED) is 0.542. The van der Waals surface area contributed by atoms with Crippen molar-refractivity contribution in [3.05, 3.63) is 77.0 Å². The average molecular weight is 408 g/mol. The summed E-state index contributed by atoms with van der Waals surface area (Å²) in [7, 11) is 0. The van der Waals surface area contributed by atoms with E-state index in [-0.39, 0.29) is 6.42 Å². The molecule has 0 radical (unpaired) electrons. The Balaban J connectivity index is 1.89. The summed E-state index contributed by atoms with van der Waals surface area (Å²) < 4.78 is 2.95. The van der Waals surface area contributed by atoms with Gasteiger partial charge in [-0.25, -0.2) is 9.97 Å². The van der Waals surface area contributed by atoms with Crippen LogP contribution in [0.5, 0.6) is 0 Å². The highest BCUT2D eigenvalue weighted by Gasteiger charge is 2.16. The smallest absolute Gasteiger partial charge is 0.307 e. The lowest BCUT2D eigenvalue weighted by Crippen LogP contribution is -1.99. The fourth-order valence-electron chi connectivity index (χ4n) is 2.93. The van der Waals surface area contributed by atoms with E-state index in [0.29, 0.717) is 5.78 Å². The minimum Gasteiger partial charge on any atom is -0.481 e. The first kappa shape index (κ1) is 16.5. The Morgan fingerprint density at radius 1 is 1.04 bits per heavy atom. The molecule has 0 saturated heterocycles. The summed E-state index contributed by atoms with van der Waals surface area (Å²) in [5.74, 6) is -0.220. The lowest BCUT2D eigenvalue weighted by molar-refractivity contribution is -0.136. The van der Waals surface area contributed by atoms with Gasteiger partial charge in [0.1, 0.15) is 0 Å². The molecular formula is C20H14BrN3O2. The largest absolute Gasteiger partial charge is 0.481 e. The third kappa shape index (κ3) is 3.11. The van der Waals surface area contributed by atoms with Gasteiger partial charge in [-0.1, -0.05) is 52.3 Å². The van der Waals surface area contributed by atoms with Gasteiger partial charge in [-0.15, -0.1) is 0 Å². The van der Waals surface area contributed by atoms with E-state index in [9.17, 15) is 4.79 Å². The van der Waals surface area contributed by atoms with Gasteiger partial charge in [-0.05, 0) is 23.8 Å². The predicted molar refractivity (Wildman–Crippen MR) is 103 cm³/mol. The van der Waals surface area contributed by atoms with E-state index in [0.717, 1.165) is 32.6 Å². The van der Waals surface area contributed by atoms with Gasteiger partial charge in [0.05, 0.1) is 17.8 Å².